The number of hydrogen-bond donors (Lipinski definition) is 2. The molecule has 0 spiro atoms. The largest absolute Gasteiger partial charge is 0.493 e. The molecule has 7 nitrogen and oxygen atoms in total. The maximum atomic E-state index is 12.4. The Morgan fingerprint density at radius 2 is 1.74 bits per heavy atom. The van der Waals surface area contributed by atoms with Gasteiger partial charge in [-0.1, -0.05) is 29.8 Å². The van der Waals surface area contributed by atoms with Gasteiger partial charge in [0.15, 0.2) is 11.5 Å². The number of halogens is 1. The summed E-state index contributed by atoms with van der Waals surface area (Å²) in [7, 11) is 3.03. The predicted octanol–water partition coefficient (Wildman–Crippen LogP) is 3.04. The van der Waals surface area contributed by atoms with Gasteiger partial charge in [0.25, 0.3) is 5.91 Å². The van der Waals surface area contributed by atoms with E-state index in [0.29, 0.717) is 28.6 Å². The van der Waals surface area contributed by atoms with E-state index in [2.05, 4.69) is 15.5 Å². The van der Waals surface area contributed by atoms with E-state index in [9.17, 15) is 9.59 Å². The van der Waals surface area contributed by atoms with Crippen LogP contribution in [0.25, 0.3) is 0 Å². The Hall–Kier alpha value is -2.77. The molecule has 1 atom stereocenters. The molecule has 2 aromatic rings. The second-order valence-corrected chi connectivity index (χ2v) is 7.74. The summed E-state index contributed by atoms with van der Waals surface area (Å²) < 4.78 is 10.4. The van der Waals surface area contributed by atoms with Crippen LogP contribution in [-0.4, -0.2) is 57.1 Å². The fourth-order valence-electron chi connectivity index (χ4n) is 3.75. The lowest BCUT2D eigenvalue weighted by Gasteiger charge is -2.29. The zero-order chi connectivity index (χ0) is 22.2. The standard InChI is InChI=1S/C23H28ClN3O4/c1-30-20-10-9-16(13-21(20)31-2)23(29)26-15-22(28)25-14-19(27-11-5-6-12-27)17-7-3-4-8-18(17)24/h3-4,7-10,13,19H,5-6,11-12,14-15H2,1-2H3,(H,25,28)(H,26,29). The minimum atomic E-state index is -0.363. The first-order chi connectivity index (χ1) is 15.0. The predicted molar refractivity (Wildman–Crippen MR) is 120 cm³/mol. The molecule has 1 heterocycles. The molecule has 2 amide bonds. The fraction of sp³-hybridized carbons (Fsp3) is 0.391. The first-order valence-corrected chi connectivity index (χ1v) is 10.7. The first-order valence-electron chi connectivity index (χ1n) is 10.3. The Morgan fingerprint density at radius 3 is 2.42 bits per heavy atom. The molecule has 1 aliphatic rings. The molecule has 0 saturated carbocycles. The van der Waals surface area contributed by atoms with Crippen LogP contribution >= 0.6 is 11.6 Å². The number of benzene rings is 2. The van der Waals surface area contributed by atoms with Crippen molar-refractivity contribution < 1.29 is 19.1 Å². The van der Waals surface area contributed by atoms with Crippen LogP contribution in [0.5, 0.6) is 11.5 Å². The van der Waals surface area contributed by atoms with E-state index in [-0.39, 0.29) is 24.4 Å². The summed E-state index contributed by atoms with van der Waals surface area (Å²) in [6.07, 6.45) is 2.27. The summed E-state index contributed by atoms with van der Waals surface area (Å²) in [5, 5.41) is 6.27. The number of hydrogen-bond acceptors (Lipinski definition) is 5. The van der Waals surface area contributed by atoms with Crippen LogP contribution in [-0.2, 0) is 4.79 Å². The molecule has 1 saturated heterocycles. The van der Waals surface area contributed by atoms with Crippen molar-refractivity contribution in [2.75, 3.05) is 40.4 Å². The molecule has 2 aromatic carbocycles. The summed E-state index contributed by atoms with van der Waals surface area (Å²) in [5.74, 6) is 0.362. The van der Waals surface area contributed by atoms with Crippen molar-refractivity contribution in [1.82, 2.24) is 15.5 Å². The molecule has 3 rings (SSSR count). The van der Waals surface area contributed by atoms with Gasteiger partial charge in [0.1, 0.15) is 0 Å². The molecule has 0 bridgehead atoms. The normalized spacial score (nSPS) is 14.7. The lowest BCUT2D eigenvalue weighted by molar-refractivity contribution is -0.120. The van der Waals surface area contributed by atoms with Gasteiger partial charge in [0.2, 0.25) is 5.91 Å². The number of rotatable bonds is 9. The summed E-state index contributed by atoms with van der Waals surface area (Å²) in [4.78, 5) is 27.2. The summed E-state index contributed by atoms with van der Waals surface area (Å²) in [5.41, 5.74) is 1.39. The van der Waals surface area contributed by atoms with Crippen LogP contribution in [0.3, 0.4) is 0 Å². The van der Waals surface area contributed by atoms with Crippen molar-refractivity contribution in [3.05, 3.63) is 58.6 Å². The number of carbonyl (C=O) groups excluding carboxylic acids is 2. The van der Waals surface area contributed by atoms with E-state index < -0.39 is 0 Å². The minimum absolute atomic E-state index is 0.00157. The van der Waals surface area contributed by atoms with E-state index >= 15 is 0 Å². The highest BCUT2D eigenvalue weighted by molar-refractivity contribution is 6.31. The Kier molecular flexibility index (Phi) is 8.14. The van der Waals surface area contributed by atoms with Crippen LogP contribution < -0.4 is 20.1 Å². The van der Waals surface area contributed by atoms with Crippen molar-refractivity contribution >= 4 is 23.4 Å². The first kappa shape index (κ1) is 22.9. The molecule has 0 aromatic heterocycles. The van der Waals surface area contributed by atoms with E-state index in [0.717, 1.165) is 31.5 Å². The van der Waals surface area contributed by atoms with Gasteiger partial charge < -0.3 is 20.1 Å². The van der Waals surface area contributed by atoms with Gasteiger partial charge in [-0.2, -0.15) is 0 Å². The van der Waals surface area contributed by atoms with Crippen molar-refractivity contribution in [3.8, 4) is 11.5 Å². The van der Waals surface area contributed by atoms with Gasteiger partial charge >= 0.3 is 0 Å². The second kappa shape index (κ2) is 11.0. The average Bonchev–Trinajstić information content (AvgIpc) is 3.32. The number of amides is 2. The molecular formula is C23H28ClN3O4. The Balaban J connectivity index is 1.57. The van der Waals surface area contributed by atoms with Crippen LogP contribution in [0.2, 0.25) is 5.02 Å². The van der Waals surface area contributed by atoms with Gasteiger partial charge in [0, 0.05) is 17.1 Å². The van der Waals surface area contributed by atoms with Crippen LogP contribution in [0, 0.1) is 0 Å². The SMILES string of the molecule is COc1ccc(C(=O)NCC(=O)NCC(c2ccccc2Cl)N2CCCC2)cc1OC. The lowest BCUT2D eigenvalue weighted by atomic mass is 10.1. The Labute approximate surface area is 187 Å². The number of carbonyl (C=O) groups is 2. The minimum Gasteiger partial charge on any atom is -0.493 e. The van der Waals surface area contributed by atoms with Gasteiger partial charge in [-0.05, 0) is 55.8 Å². The Morgan fingerprint density at radius 1 is 1.03 bits per heavy atom. The zero-order valence-corrected chi connectivity index (χ0v) is 18.6. The summed E-state index contributed by atoms with van der Waals surface area (Å²) >= 11 is 6.41. The smallest absolute Gasteiger partial charge is 0.251 e. The quantitative estimate of drug-likeness (QED) is 0.620. The molecule has 1 aliphatic heterocycles. The Bertz CT molecular complexity index is 915. The molecule has 2 N–H and O–H groups in total. The lowest BCUT2D eigenvalue weighted by Crippen LogP contribution is -2.41. The third-order valence-corrected chi connectivity index (χ3v) is 5.74. The van der Waals surface area contributed by atoms with Gasteiger partial charge in [-0.3, -0.25) is 14.5 Å². The van der Waals surface area contributed by atoms with Crippen LogP contribution in [0.15, 0.2) is 42.5 Å². The molecule has 166 valence electrons. The number of ether oxygens (including phenoxy) is 2. The molecule has 8 heteroatoms. The third kappa shape index (κ3) is 5.89. The third-order valence-electron chi connectivity index (χ3n) is 5.39. The summed E-state index contributed by atoms with van der Waals surface area (Å²) in [6.45, 7) is 2.25. The van der Waals surface area contributed by atoms with Crippen molar-refractivity contribution in [1.29, 1.82) is 0 Å². The fourth-order valence-corrected chi connectivity index (χ4v) is 4.01. The van der Waals surface area contributed by atoms with Crippen molar-refractivity contribution in [2.45, 2.75) is 18.9 Å². The zero-order valence-electron chi connectivity index (χ0n) is 17.8. The van der Waals surface area contributed by atoms with Crippen molar-refractivity contribution in [3.63, 3.8) is 0 Å². The maximum Gasteiger partial charge on any atom is 0.251 e. The van der Waals surface area contributed by atoms with E-state index in [1.807, 2.05) is 24.3 Å². The average molecular weight is 446 g/mol. The van der Waals surface area contributed by atoms with E-state index in [1.54, 1.807) is 18.2 Å². The van der Waals surface area contributed by atoms with Crippen molar-refractivity contribution in [2.24, 2.45) is 0 Å². The molecule has 0 aliphatic carbocycles. The van der Waals surface area contributed by atoms with Crippen LogP contribution in [0.1, 0.15) is 34.8 Å². The molecule has 31 heavy (non-hydrogen) atoms. The number of likely N-dealkylation sites (tertiary alicyclic amines) is 1. The summed E-state index contributed by atoms with van der Waals surface area (Å²) in [6, 6.07) is 12.6. The molecular weight excluding hydrogens is 418 g/mol. The highest BCUT2D eigenvalue weighted by atomic mass is 35.5. The molecule has 1 unspecified atom stereocenters. The number of methoxy groups -OCH3 is 2. The topological polar surface area (TPSA) is 79.9 Å². The molecule has 1 fully saturated rings. The number of nitrogens with zero attached hydrogens (tertiary/aromatic N) is 1. The van der Waals surface area contributed by atoms with E-state index in [1.165, 1.54) is 14.2 Å². The highest BCUT2D eigenvalue weighted by Gasteiger charge is 2.25. The van der Waals surface area contributed by atoms with Gasteiger partial charge in [-0.15, -0.1) is 0 Å². The van der Waals surface area contributed by atoms with Crippen LogP contribution in [0.4, 0.5) is 0 Å². The highest BCUT2D eigenvalue weighted by Crippen LogP contribution is 2.30. The number of nitrogens with one attached hydrogen (secondary N) is 2. The van der Waals surface area contributed by atoms with Gasteiger partial charge in [0.05, 0.1) is 26.8 Å². The monoisotopic (exact) mass is 445 g/mol. The second-order valence-electron chi connectivity index (χ2n) is 7.34. The maximum absolute atomic E-state index is 12.4. The van der Waals surface area contributed by atoms with Gasteiger partial charge in [-0.25, -0.2) is 0 Å². The molecule has 0 radical (unpaired) electrons. The van der Waals surface area contributed by atoms with E-state index in [4.69, 9.17) is 21.1 Å².